The fourth-order valence-corrected chi connectivity index (χ4v) is 5.19. The number of aliphatic hydroxyl groups excluding tert-OH is 1. The lowest BCUT2D eigenvalue weighted by molar-refractivity contribution is 0.0751. The monoisotopic (exact) mass is 537 g/mol. The van der Waals surface area contributed by atoms with E-state index in [0.29, 0.717) is 31.0 Å². The number of pyridine rings is 2. The second kappa shape index (κ2) is 12.7. The average molecular weight is 538 g/mol. The summed E-state index contributed by atoms with van der Waals surface area (Å²) in [6.45, 7) is 13.2. The molecular weight excluding hydrogens is 490 g/mol. The highest BCUT2D eigenvalue weighted by Gasteiger charge is 2.46. The molecular formula is C31H47N5O3. The number of nitrogens with zero attached hydrogens (tertiary/aromatic N) is 2. The maximum absolute atomic E-state index is 13.4. The summed E-state index contributed by atoms with van der Waals surface area (Å²) in [6.07, 6.45) is 6.61. The predicted octanol–water partition coefficient (Wildman–Crippen LogP) is 4.46. The molecule has 1 aliphatic heterocycles. The summed E-state index contributed by atoms with van der Waals surface area (Å²) in [7, 11) is 0. The number of aliphatic hydroxyl groups is 1. The van der Waals surface area contributed by atoms with Crippen molar-refractivity contribution in [3.05, 3.63) is 53.0 Å². The molecule has 2 aliphatic rings. The Balaban J connectivity index is 1.48. The van der Waals surface area contributed by atoms with Crippen molar-refractivity contribution in [3.63, 3.8) is 0 Å². The third-order valence-electron chi connectivity index (χ3n) is 7.95. The number of fused-ring (bicyclic) bond motifs is 2. The molecule has 4 rings (SSSR count). The SMILES string of the molecule is Cc1cc2cc(n1)NCCCCOCC[C@@H](C)C[C@@H]([C@H](O)CNC1(c3cc(C(C)(C)C)ccn3)CC1)NC2=O. The predicted molar refractivity (Wildman–Crippen MR) is 155 cm³/mol. The van der Waals surface area contributed by atoms with Crippen LogP contribution in [-0.2, 0) is 15.7 Å². The van der Waals surface area contributed by atoms with Gasteiger partial charge in [0.15, 0.2) is 0 Å². The topological polar surface area (TPSA) is 108 Å². The maximum Gasteiger partial charge on any atom is 0.251 e. The first kappa shape index (κ1) is 29.4. The third kappa shape index (κ3) is 8.22. The van der Waals surface area contributed by atoms with Crippen LogP contribution in [0.1, 0.15) is 93.5 Å². The first-order chi connectivity index (χ1) is 18.6. The van der Waals surface area contributed by atoms with E-state index in [9.17, 15) is 9.90 Å². The van der Waals surface area contributed by atoms with Gasteiger partial charge >= 0.3 is 0 Å². The van der Waals surface area contributed by atoms with Crippen molar-refractivity contribution in [1.29, 1.82) is 0 Å². The van der Waals surface area contributed by atoms with Crippen LogP contribution in [0.25, 0.3) is 0 Å². The summed E-state index contributed by atoms with van der Waals surface area (Å²) < 4.78 is 5.85. The van der Waals surface area contributed by atoms with Gasteiger partial charge in [-0.1, -0.05) is 27.7 Å². The molecule has 0 radical (unpaired) electrons. The number of carbonyl (C=O) groups excluding carboxylic acids is 1. The Morgan fingerprint density at radius 3 is 2.74 bits per heavy atom. The lowest BCUT2D eigenvalue weighted by Gasteiger charge is -2.29. The minimum absolute atomic E-state index is 0.0435. The number of amides is 1. The molecule has 39 heavy (non-hydrogen) atoms. The molecule has 0 aromatic carbocycles. The highest BCUT2D eigenvalue weighted by atomic mass is 16.5. The standard InChI is InChI=1S/C31H47N5O3/c1-21-9-15-39-14-7-6-12-33-28-18-23(17-22(2)35-28)29(38)36-25(16-21)26(37)20-34-31(10-11-31)27-19-24(8-13-32-27)30(3,4)5/h8,13,17-19,21,25-26,34,37H,6-7,9-12,14-16,20H2,1-5H3,(H,33,35)(H,36,38)/t21-,25+,26-/m1/s1. The molecule has 2 aromatic rings. The van der Waals surface area contributed by atoms with Gasteiger partial charge in [0, 0.05) is 43.8 Å². The molecule has 3 heterocycles. The van der Waals surface area contributed by atoms with Crippen molar-refractivity contribution in [2.75, 3.05) is 31.6 Å². The van der Waals surface area contributed by atoms with Gasteiger partial charge in [0.2, 0.25) is 0 Å². The number of rotatable bonds is 5. The molecule has 0 saturated heterocycles. The lowest BCUT2D eigenvalue weighted by Crippen LogP contribution is -2.50. The molecule has 1 amide bonds. The van der Waals surface area contributed by atoms with Crippen molar-refractivity contribution < 1.29 is 14.6 Å². The van der Waals surface area contributed by atoms with Gasteiger partial charge in [0.25, 0.3) is 5.91 Å². The zero-order chi connectivity index (χ0) is 28.0. The minimum atomic E-state index is -0.750. The van der Waals surface area contributed by atoms with Crippen molar-refractivity contribution in [2.45, 2.75) is 96.2 Å². The Hall–Kier alpha value is -2.55. The van der Waals surface area contributed by atoms with Crippen molar-refractivity contribution in [1.82, 2.24) is 20.6 Å². The number of ether oxygens (including phenoxy) is 1. The van der Waals surface area contributed by atoms with Gasteiger partial charge in [0.1, 0.15) is 5.82 Å². The third-order valence-corrected chi connectivity index (χ3v) is 7.95. The van der Waals surface area contributed by atoms with E-state index in [1.165, 1.54) is 5.56 Å². The molecule has 0 unspecified atom stereocenters. The van der Waals surface area contributed by atoms with Crippen LogP contribution in [0.15, 0.2) is 30.5 Å². The summed E-state index contributed by atoms with van der Waals surface area (Å²) in [5.41, 5.74) is 3.45. The van der Waals surface area contributed by atoms with Gasteiger partial charge in [-0.05, 0) is 86.6 Å². The number of anilines is 1. The first-order valence-electron chi connectivity index (χ1n) is 14.6. The molecule has 3 atom stereocenters. The van der Waals surface area contributed by atoms with Gasteiger partial charge in [0.05, 0.1) is 23.4 Å². The van der Waals surface area contributed by atoms with Crippen LogP contribution < -0.4 is 16.0 Å². The Morgan fingerprint density at radius 1 is 1.21 bits per heavy atom. The lowest BCUT2D eigenvalue weighted by atomic mass is 9.86. The Kier molecular flexibility index (Phi) is 9.62. The van der Waals surface area contributed by atoms with Crippen LogP contribution >= 0.6 is 0 Å². The molecule has 2 aromatic heterocycles. The molecule has 1 fully saturated rings. The van der Waals surface area contributed by atoms with Crippen LogP contribution in [0.5, 0.6) is 0 Å². The summed E-state index contributed by atoms with van der Waals surface area (Å²) in [5.74, 6) is 0.791. The highest BCUT2D eigenvalue weighted by molar-refractivity contribution is 5.95. The molecule has 2 bridgehead atoms. The Bertz CT molecular complexity index is 1110. The van der Waals surface area contributed by atoms with E-state index in [1.54, 1.807) is 12.1 Å². The second-order valence-corrected chi connectivity index (χ2v) is 12.5. The molecule has 0 spiro atoms. The van der Waals surface area contributed by atoms with Crippen molar-refractivity contribution in [2.24, 2.45) is 5.92 Å². The van der Waals surface area contributed by atoms with Crippen LogP contribution in [0.3, 0.4) is 0 Å². The zero-order valence-corrected chi connectivity index (χ0v) is 24.3. The van der Waals surface area contributed by atoms with Gasteiger partial charge < -0.3 is 25.8 Å². The summed E-state index contributed by atoms with van der Waals surface area (Å²) in [4.78, 5) is 22.6. The van der Waals surface area contributed by atoms with Crippen LogP contribution in [0.2, 0.25) is 0 Å². The number of nitrogens with one attached hydrogen (secondary N) is 3. The van der Waals surface area contributed by atoms with Crippen LogP contribution in [0.4, 0.5) is 5.82 Å². The second-order valence-electron chi connectivity index (χ2n) is 12.5. The van der Waals surface area contributed by atoms with Gasteiger partial charge in [-0.3, -0.25) is 9.78 Å². The fourth-order valence-electron chi connectivity index (χ4n) is 5.19. The molecule has 1 saturated carbocycles. The molecule has 8 heteroatoms. The number of hydrogen-bond donors (Lipinski definition) is 4. The van der Waals surface area contributed by atoms with E-state index in [4.69, 9.17) is 4.74 Å². The van der Waals surface area contributed by atoms with E-state index in [1.807, 2.05) is 13.1 Å². The van der Waals surface area contributed by atoms with Gasteiger partial charge in [-0.15, -0.1) is 0 Å². The van der Waals surface area contributed by atoms with Gasteiger partial charge in [-0.25, -0.2) is 4.98 Å². The zero-order valence-electron chi connectivity index (χ0n) is 24.3. The van der Waals surface area contributed by atoms with E-state index >= 15 is 0 Å². The van der Waals surface area contributed by atoms with Crippen molar-refractivity contribution in [3.8, 4) is 0 Å². The van der Waals surface area contributed by atoms with Crippen LogP contribution in [0, 0.1) is 12.8 Å². The fraction of sp³-hybridized carbons (Fsp3) is 0.645. The summed E-state index contributed by atoms with van der Waals surface area (Å²) >= 11 is 0. The Morgan fingerprint density at radius 2 is 2.00 bits per heavy atom. The largest absolute Gasteiger partial charge is 0.390 e. The van der Waals surface area contributed by atoms with E-state index < -0.39 is 12.1 Å². The highest BCUT2D eigenvalue weighted by Crippen LogP contribution is 2.45. The molecule has 1 aliphatic carbocycles. The van der Waals surface area contributed by atoms with Crippen molar-refractivity contribution >= 4 is 11.7 Å². The van der Waals surface area contributed by atoms with E-state index in [2.05, 4.69) is 65.7 Å². The normalized spacial score (nSPS) is 23.4. The minimum Gasteiger partial charge on any atom is -0.390 e. The number of aromatic nitrogens is 2. The van der Waals surface area contributed by atoms with Gasteiger partial charge in [-0.2, -0.15) is 0 Å². The first-order valence-corrected chi connectivity index (χ1v) is 14.6. The number of carbonyl (C=O) groups is 1. The Labute approximate surface area is 233 Å². The number of hydrogen-bond acceptors (Lipinski definition) is 7. The van der Waals surface area contributed by atoms with E-state index in [-0.39, 0.29) is 22.8 Å². The number of aryl methyl sites for hydroxylation is 1. The summed E-state index contributed by atoms with van der Waals surface area (Å²) in [6, 6.07) is 7.47. The smallest absolute Gasteiger partial charge is 0.251 e. The molecule has 4 N–H and O–H groups in total. The van der Waals surface area contributed by atoms with Crippen LogP contribution in [-0.4, -0.2) is 59.4 Å². The average Bonchev–Trinajstić information content (AvgIpc) is 3.68. The maximum atomic E-state index is 13.4. The molecule has 8 nitrogen and oxygen atoms in total. The quantitative estimate of drug-likeness (QED) is 0.446. The van der Waals surface area contributed by atoms with E-state index in [0.717, 1.165) is 56.6 Å². The molecule has 214 valence electrons. The summed E-state index contributed by atoms with van der Waals surface area (Å²) in [5, 5.41) is 21.5.